The number of ether oxygens (including phenoxy) is 2. The molecule has 29 heavy (non-hydrogen) atoms. The topological polar surface area (TPSA) is 70.0 Å². The molecule has 6 nitrogen and oxygen atoms in total. The first-order valence-electron chi connectivity index (χ1n) is 9.69. The highest BCUT2D eigenvalue weighted by atomic mass is 16.5. The summed E-state index contributed by atoms with van der Waals surface area (Å²) in [4.78, 5) is 17.6. The monoisotopic (exact) mass is 388 g/mol. The molecular weight excluding hydrogens is 364 g/mol. The van der Waals surface area contributed by atoms with Gasteiger partial charge in [-0.05, 0) is 50.1 Å². The van der Waals surface area contributed by atoms with Crippen molar-refractivity contribution < 1.29 is 9.47 Å². The van der Waals surface area contributed by atoms with Crippen LogP contribution in [-0.2, 0) is 0 Å². The predicted molar refractivity (Wildman–Crippen MR) is 112 cm³/mol. The van der Waals surface area contributed by atoms with E-state index in [-0.39, 0.29) is 0 Å². The Labute approximate surface area is 170 Å². The van der Waals surface area contributed by atoms with Crippen molar-refractivity contribution >= 4 is 12.2 Å². The van der Waals surface area contributed by atoms with Crippen molar-refractivity contribution in [2.24, 2.45) is 5.92 Å². The van der Waals surface area contributed by atoms with Gasteiger partial charge in [-0.25, -0.2) is 4.98 Å². The molecule has 2 unspecified atom stereocenters. The van der Waals surface area contributed by atoms with E-state index >= 15 is 0 Å². The van der Waals surface area contributed by atoms with Crippen molar-refractivity contribution in [2.45, 2.75) is 26.2 Å². The van der Waals surface area contributed by atoms with Crippen LogP contribution >= 0.6 is 0 Å². The van der Waals surface area contributed by atoms with Crippen LogP contribution < -0.4 is 9.47 Å². The molecule has 1 aliphatic carbocycles. The molecule has 3 aromatic heterocycles. The molecule has 0 aromatic carbocycles. The summed E-state index contributed by atoms with van der Waals surface area (Å²) < 4.78 is 11.3. The summed E-state index contributed by atoms with van der Waals surface area (Å²) in [5.41, 5.74) is 3.96. The summed E-state index contributed by atoms with van der Waals surface area (Å²) in [7, 11) is 1.65. The van der Waals surface area contributed by atoms with Gasteiger partial charge in [-0.15, -0.1) is 0 Å². The lowest BCUT2D eigenvalue weighted by molar-refractivity contribution is 0.283. The van der Waals surface area contributed by atoms with Gasteiger partial charge in [0.25, 0.3) is 0 Å². The molecule has 0 N–H and O–H groups in total. The van der Waals surface area contributed by atoms with Crippen LogP contribution in [0.5, 0.6) is 11.6 Å². The van der Waals surface area contributed by atoms with E-state index < -0.39 is 0 Å². The Hall–Kier alpha value is -3.28. The largest absolute Gasteiger partial charge is 0.495 e. The smallest absolute Gasteiger partial charge is 0.224 e. The minimum Gasteiger partial charge on any atom is -0.495 e. The van der Waals surface area contributed by atoms with E-state index in [0.29, 0.717) is 30.1 Å². The average molecular weight is 388 g/mol. The minimum atomic E-state index is 0.432. The maximum absolute atomic E-state index is 6.08. The molecule has 0 aliphatic heterocycles. The molecule has 0 spiro atoms. The van der Waals surface area contributed by atoms with Crippen LogP contribution in [0.2, 0.25) is 0 Å². The molecule has 148 valence electrons. The van der Waals surface area contributed by atoms with Gasteiger partial charge in [0.15, 0.2) is 0 Å². The first-order valence-corrected chi connectivity index (χ1v) is 9.69. The number of rotatable bonds is 7. The van der Waals surface area contributed by atoms with Gasteiger partial charge >= 0.3 is 0 Å². The van der Waals surface area contributed by atoms with Crippen LogP contribution in [0.3, 0.4) is 0 Å². The first-order chi connectivity index (χ1) is 14.1. The molecule has 3 aromatic rings. The van der Waals surface area contributed by atoms with Gasteiger partial charge in [0.05, 0.1) is 25.5 Å². The summed E-state index contributed by atoms with van der Waals surface area (Å²) >= 11 is 0. The molecule has 0 bridgehead atoms. The second-order valence-electron chi connectivity index (χ2n) is 7.28. The number of hydrogen-bond acceptors (Lipinski definition) is 6. The van der Waals surface area contributed by atoms with E-state index in [1.807, 2.05) is 56.5 Å². The SMILES string of the molecule is COc1ccc(C2CC2COc2nc(C)ncc2C=Cc2ccc(C)nc2)nc1. The highest BCUT2D eigenvalue weighted by Gasteiger charge is 2.40. The summed E-state index contributed by atoms with van der Waals surface area (Å²) in [6.07, 6.45) is 10.4. The zero-order valence-electron chi connectivity index (χ0n) is 16.9. The predicted octanol–water partition coefficient (Wildman–Crippen LogP) is 4.24. The number of methoxy groups -OCH3 is 1. The van der Waals surface area contributed by atoms with Gasteiger partial charge in [0.2, 0.25) is 5.88 Å². The van der Waals surface area contributed by atoms with Crippen molar-refractivity contribution in [3.05, 3.63) is 71.2 Å². The lowest BCUT2D eigenvalue weighted by Gasteiger charge is -2.09. The van der Waals surface area contributed by atoms with Gasteiger partial charge in [-0.3, -0.25) is 9.97 Å². The van der Waals surface area contributed by atoms with Crippen molar-refractivity contribution in [1.29, 1.82) is 0 Å². The zero-order chi connectivity index (χ0) is 20.2. The number of nitrogens with zero attached hydrogens (tertiary/aromatic N) is 4. The fourth-order valence-corrected chi connectivity index (χ4v) is 3.16. The molecule has 3 heterocycles. The summed E-state index contributed by atoms with van der Waals surface area (Å²) in [5.74, 6) is 2.96. The Kier molecular flexibility index (Phi) is 5.51. The second kappa shape index (κ2) is 8.39. The Morgan fingerprint density at radius 1 is 1.00 bits per heavy atom. The van der Waals surface area contributed by atoms with Gasteiger partial charge < -0.3 is 9.47 Å². The minimum absolute atomic E-state index is 0.432. The van der Waals surface area contributed by atoms with Crippen LogP contribution in [0.15, 0.2) is 42.9 Å². The van der Waals surface area contributed by atoms with Crippen LogP contribution in [-0.4, -0.2) is 33.7 Å². The fourth-order valence-electron chi connectivity index (χ4n) is 3.16. The average Bonchev–Trinajstić information content (AvgIpc) is 3.52. The molecule has 4 rings (SSSR count). The third-order valence-electron chi connectivity index (χ3n) is 5.02. The maximum Gasteiger partial charge on any atom is 0.224 e. The standard InChI is InChI=1S/C23H24N4O2/c1-15-4-5-17(11-24-15)6-7-18-12-25-16(2)27-23(18)29-14-19-10-21(19)22-9-8-20(28-3)13-26-22/h4-9,11-13,19,21H,10,14H2,1-3H3. The van der Waals surface area contributed by atoms with E-state index in [9.17, 15) is 0 Å². The number of hydrogen-bond donors (Lipinski definition) is 0. The van der Waals surface area contributed by atoms with Crippen molar-refractivity contribution in [2.75, 3.05) is 13.7 Å². The Bertz CT molecular complexity index is 1000. The quantitative estimate of drug-likeness (QED) is 0.603. The third-order valence-corrected chi connectivity index (χ3v) is 5.02. The molecule has 1 saturated carbocycles. The fraction of sp³-hybridized carbons (Fsp3) is 0.304. The first kappa shape index (κ1) is 19.1. The van der Waals surface area contributed by atoms with E-state index in [0.717, 1.165) is 34.7 Å². The molecule has 2 atom stereocenters. The Balaban J connectivity index is 1.41. The van der Waals surface area contributed by atoms with Crippen molar-refractivity contribution in [1.82, 2.24) is 19.9 Å². The van der Waals surface area contributed by atoms with Crippen LogP contribution in [0.1, 0.15) is 40.7 Å². The highest BCUT2D eigenvalue weighted by Crippen LogP contribution is 2.47. The lowest BCUT2D eigenvalue weighted by Crippen LogP contribution is -2.05. The van der Waals surface area contributed by atoms with E-state index in [4.69, 9.17) is 9.47 Å². The lowest BCUT2D eigenvalue weighted by atomic mass is 10.2. The molecular formula is C23H24N4O2. The number of aryl methyl sites for hydroxylation is 2. The van der Waals surface area contributed by atoms with Crippen LogP contribution in [0, 0.1) is 19.8 Å². The Morgan fingerprint density at radius 3 is 2.62 bits per heavy atom. The highest BCUT2D eigenvalue weighted by molar-refractivity contribution is 5.71. The van der Waals surface area contributed by atoms with Crippen LogP contribution in [0.4, 0.5) is 0 Å². The van der Waals surface area contributed by atoms with Gasteiger partial charge in [0.1, 0.15) is 11.6 Å². The number of pyridine rings is 2. The number of aromatic nitrogens is 4. The second-order valence-corrected chi connectivity index (χ2v) is 7.28. The molecule has 0 radical (unpaired) electrons. The molecule has 0 saturated heterocycles. The van der Waals surface area contributed by atoms with Crippen LogP contribution in [0.25, 0.3) is 12.2 Å². The van der Waals surface area contributed by atoms with E-state index in [2.05, 4.69) is 19.9 Å². The Morgan fingerprint density at radius 2 is 1.90 bits per heavy atom. The van der Waals surface area contributed by atoms with Gasteiger partial charge in [0, 0.05) is 35.6 Å². The van der Waals surface area contributed by atoms with Crippen molar-refractivity contribution in [3.63, 3.8) is 0 Å². The van der Waals surface area contributed by atoms with Gasteiger partial charge in [-0.2, -0.15) is 4.98 Å². The maximum atomic E-state index is 6.08. The molecule has 0 amide bonds. The third kappa shape index (κ3) is 4.77. The van der Waals surface area contributed by atoms with Gasteiger partial charge in [-0.1, -0.05) is 12.1 Å². The van der Waals surface area contributed by atoms with E-state index in [1.165, 1.54) is 0 Å². The molecule has 6 heteroatoms. The van der Waals surface area contributed by atoms with Crippen molar-refractivity contribution in [3.8, 4) is 11.6 Å². The van der Waals surface area contributed by atoms with E-state index in [1.54, 1.807) is 19.5 Å². The molecule has 1 aliphatic rings. The summed E-state index contributed by atoms with van der Waals surface area (Å²) in [6, 6.07) is 8.01. The summed E-state index contributed by atoms with van der Waals surface area (Å²) in [5, 5.41) is 0. The zero-order valence-corrected chi connectivity index (χ0v) is 16.9. The molecule has 1 fully saturated rings. The normalized spacial score (nSPS) is 18.0. The summed E-state index contributed by atoms with van der Waals surface area (Å²) in [6.45, 7) is 4.45.